The highest BCUT2D eigenvalue weighted by Gasteiger charge is 2.11. The third kappa shape index (κ3) is 1.87. The van der Waals surface area contributed by atoms with E-state index in [0.29, 0.717) is 11.5 Å². The van der Waals surface area contributed by atoms with Crippen LogP contribution in [-0.4, -0.2) is 19.1 Å². The van der Waals surface area contributed by atoms with Crippen LogP contribution in [0.2, 0.25) is 0 Å². The van der Waals surface area contributed by atoms with E-state index >= 15 is 0 Å². The predicted octanol–water partition coefficient (Wildman–Crippen LogP) is 1.41. The first-order chi connectivity index (χ1) is 6.19. The summed E-state index contributed by atoms with van der Waals surface area (Å²) in [6, 6.07) is 5.09. The number of non-ortho nitro benzene ring substituents is 1. The van der Waals surface area contributed by atoms with Gasteiger partial charge in [-0.2, -0.15) is 0 Å². The number of hydrogen-bond donors (Lipinski definition) is 0. The first kappa shape index (κ1) is 9.31. The summed E-state index contributed by atoms with van der Waals surface area (Å²) in [5.41, 5.74) is -0.141. The van der Waals surface area contributed by atoms with Crippen molar-refractivity contribution >= 4 is 5.69 Å². The van der Waals surface area contributed by atoms with Crippen molar-refractivity contribution in [2.24, 2.45) is 0 Å². The van der Waals surface area contributed by atoms with Gasteiger partial charge in [0.1, 0.15) is 0 Å². The van der Waals surface area contributed by atoms with Crippen LogP contribution in [0.25, 0.3) is 0 Å². The lowest BCUT2D eigenvalue weighted by atomic mass is 10.3. The van der Waals surface area contributed by atoms with E-state index in [9.17, 15) is 10.1 Å². The van der Waals surface area contributed by atoms with Gasteiger partial charge >= 0.3 is 0 Å². The summed E-state index contributed by atoms with van der Waals surface area (Å²) in [6.45, 7) is 0. The second-order valence-electron chi connectivity index (χ2n) is 2.21. The van der Waals surface area contributed by atoms with Crippen LogP contribution >= 0.6 is 0 Å². The van der Waals surface area contributed by atoms with Crippen LogP contribution in [-0.2, 0) is 0 Å². The standard InChI is InChI=1S/C8H8NO4/c1-12-7-4-3-6(9(10)11)5-8(7)13-2/h4-5H,1-2H3. The van der Waals surface area contributed by atoms with Gasteiger partial charge in [0.05, 0.1) is 31.3 Å². The molecular formula is C8H8NO4. The molecule has 0 heterocycles. The fourth-order valence-corrected chi connectivity index (χ4v) is 0.872. The SMILES string of the molecule is COc1c[c]c([N+](=O)[O-])cc1OC. The minimum atomic E-state index is -0.540. The van der Waals surface area contributed by atoms with Crippen molar-refractivity contribution in [1.82, 2.24) is 0 Å². The zero-order valence-corrected chi connectivity index (χ0v) is 7.23. The maximum Gasteiger partial charge on any atom is 0.281 e. The zero-order valence-electron chi connectivity index (χ0n) is 7.23. The number of nitro benzene ring substituents is 1. The van der Waals surface area contributed by atoms with Gasteiger partial charge in [-0.15, -0.1) is 0 Å². The summed E-state index contributed by atoms with van der Waals surface area (Å²) < 4.78 is 9.77. The number of benzene rings is 1. The number of methoxy groups -OCH3 is 2. The van der Waals surface area contributed by atoms with Gasteiger partial charge < -0.3 is 9.47 Å². The molecule has 0 bridgehead atoms. The van der Waals surface area contributed by atoms with Crippen LogP contribution in [0.1, 0.15) is 0 Å². The maximum atomic E-state index is 10.3. The highest BCUT2D eigenvalue weighted by molar-refractivity contribution is 5.47. The molecule has 0 spiro atoms. The molecule has 0 saturated carbocycles. The Hall–Kier alpha value is -1.78. The highest BCUT2D eigenvalue weighted by atomic mass is 16.6. The van der Waals surface area contributed by atoms with Crippen molar-refractivity contribution in [3.8, 4) is 11.5 Å². The van der Waals surface area contributed by atoms with Crippen LogP contribution in [0.5, 0.6) is 11.5 Å². The number of nitrogens with zero attached hydrogens (tertiary/aromatic N) is 1. The number of ether oxygens (including phenoxy) is 2. The minimum absolute atomic E-state index is 0.141. The molecule has 0 aromatic heterocycles. The van der Waals surface area contributed by atoms with Crippen LogP contribution in [0.4, 0.5) is 5.69 Å². The Morgan fingerprint density at radius 2 is 2.00 bits per heavy atom. The van der Waals surface area contributed by atoms with Crippen LogP contribution in [0.3, 0.4) is 0 Å². The molecule has 5 nitrogen and oxygen atoms in total. The molecule has 0 aliphatic carbocycles. The van der Waals surface area contributed by atoms with E-state index in [1.54, 1.807) is 0 Å². The molecule has 0 N–H and O–H groups in total. The van der Waals surface area contributed by atoms with Crippen molar-refractivity contribution in [3.63, 3.8) is 0 Å². The molecule has 0 amide bonds. The summed E-state index contributed by atoms with van der Waals surface area (Å²) in [5, 5.41) is 10.3. The van der Waals surface area contributed by atoms with E-state index in [2.05, 4.69) is 6.07 Å². The molecule has 1 radical (unpaired) electrons. The summed E-state index contributed by atoms with van der Waals surface area (Å²) in [7, 11) is 2.87. The van der Waals surface area contributed by atoms with E-state index < -0.39 is 4.92 Å². The second kappa shape index (κ2) is 3.75. The highest BCUT2D eigenvalue weighted by Crippen LogP contribution is 2.29. The lowest BCUT2D eigenvalue weighted by molar-refractivity contribution is -0.385. The largest absolute Gasteiger partial charge is 0.493 e. The Kier molecular flexibility index (Phi) is 2.69. The molecule has 0 aliphatic rings. The van der Waals surface area contributed by atoms with Crippen molar-refractivity contribution in [2.75, 3.05) is 14.2 Å². The van der Waals surface area contributed by atoms with E-state index in [-0.39, 0.29) is 5.69 Å². The quantitative estimate of drug-likeness (QED) is 0.523. The maximum absolute atomic E-state index is 10.3. The topological polar surface area (TPSA) is 61.6 Å². The fraction of sp³-hybridized carbons (Fsp3) is 0.250. The molecule has 13 heavy (non-hydrogen) atoms. The molecule has 1 aromatic carbocycles. The summed E-state index contributed by atoms with van der Waals surface area (Å²) >= 11 is 0. The van der Waals surface area contributed by atoms with E-state index in [0.717, 1.165) is 0 Å². The van der Waals surface area contributed by atoms with Crippen LogP contribution < -0.4 is 9.47 Å². The molecular weight excluding hydrogens is 174 g/mol. The zero-order chi connectivity index (χ0) is 9.84. The Labute approximate surface area is 75.0 Å². The molecule has 1 rings (SSSR count). The normalized spacial score (nSPS) is 9.38. The third-order valence-corrected chi connectivity index (χ3v) is 1.50. The molecule has 0 atom stereocenters. The van der Waals surface area contributed by atoms with Crippen LogP contribution in [0.15, 0.2) is 12.1 Å². The second-order valence-corrected chi connectivity index (χ2v) is 2.21. The fourth-order valence-electron chi connectivity index (χ4n) is 0.872. The molecule has 0 fully saturated rings. The first-order valence-electron chi connectivity index (χ1n) is 3.47. The van der Waals surface area contributed by atoms with Gasteiger partial charge in [0.25, 0.3) is 5.69 Å². The minimum Gasteiger partial charge on any atom is -0.493 e. The summed E-state index contributed by atoms with van der Waals surface area (Å²) in [6.07, 6.45) is 0. The predicted molar refractivity (Wildman–Crippen MR) is 45.0 cm³/mol. The lowest BCUT2D eigenvalue weighted by Gasteiger charge is -2.05. The molecule has 5 heteroatoms. The van der Waals surface area contributed by atoms with Crippen molar-refractivity contribution in [2.45, 2.75) is 0 Å². The van der Waals surface area contributed by atoms with E-state index in [1.165, 1.54) is 26.4 Å². The van der Waals surface area contributed by atoms with E-state index in [1.807, 2.05) is 0 Å². The molecule has 69 valence electrons. The van der Waals surface area contributed by atoms with Gasteiger partial charge in [-0.3, -0.25) is 10.1 Å². The third-order valence-electron chi connectivity index (χ3n) is 1.50. The Morgan fingerprint density at radius 3 is 2.46 bits per heavy atom. The number of rotatable bonds is 3. The van der Waals surface area contributed by atoms with Gasteiger partial charge in [0.15, 0.2) is 11.5 Å². The van der Waals surface area contributed by atoms with Crippen molar-refractivity contribution in [1.29, 1.82) is 0 Å². The lowest BCUT2D eigenvalue weighted by Crippen LogP contribution is -1.93. The monoisotopic (exact) mass is 182 g/mol. The molecule has 0 unspecified atom stereocenters. The smallest absolute Gasteiger partial charge is 0.281 e. The average Bonchev–Trinajstić information content (AvgIpc) is 2.16. The number of hydrogen-bond acceptors (Lipinski definition) is 4. The molecule has 0 aliphatic heterocycles. The Bertz CT molecular complexity index is 324. The van der Waals surface area contributed by atoms with Gasteiger partial charge in [0, 0.05) is 0 Å². The molecule has 0 saturated heterocycles. The van der Waals surface area contributed by atoms with Crippen molar-refractivity contribution < 1.29 is 14.4 Å². The summed E-state index contributed by atoms with van der Waals surface area (Å²) in [5.74, 6) is 0.751. The van der Waals surface area contributed by atoms with Gasteiger partial charge in [0.2, 0.25) is 0 Å². The Balaban J connectivity index is 3.13. The Morgan fingerprint density at radius 1 is 1.38 bits per heavy atom. The molecule has 1 aromatic rings. The van der Waals surface area contributed by atoms with E-state index in [4.69, 9.17) is 9.47 Å². The van der Waals surface area contributed by atoms with Gasteiger partial charge in [-0.25, -0.2) is 0 Å². The average molecular weight is 182 g/mol. The first-order valence-corrected chi connectivity index (χ1v) is 3.47. The van der Waals surface area contributed by atoms with Gasteiger partial charge in [-0.1, -0.05) is 0 Å². The van der Waals surface area contributed by atoms with Gasteiger partial charge in [-0.05, 0) is 6.07 Å². The van der Waals surface area contributed by atoms with Crippen LogP contribution in [0, 0.1) is 16.2 Å². The van der Waals surface area contributed by atoms with Crippen molar-refractivity contribution in [3.05, 3.63) is 28.3 Å². The number of nitro groups is 1. The summed E-state index contributed by atoms with van der Waals surface area (Å²) in [4.78, 5) is 9.81.